The average molecular weight is 304 g/mol. The summed E-state index contributed by atoms with van der Waals surface area (Å²) in [5, 5.41) is 0. The third-order valence-electron chi connectivity index (χ3n) is 4.16. The van der Waals surface area contributed by atoms with Gasteiger partial charge in [0, 0.05) is 23.9 Å². The molecular formula is C17H24N2O3. The van der Waals surface area contributed by atoms with Gasteiger partial charge in [0.25, 0.3) is 0 Å². The van der Waals surface area contributed by atoms with Gasteiger partial charge in [-0.3, -0.25) is 19.5 Å². The van der Waals surface area contributed by atoms with Crippen LogP contribution in [0, 0.1) is 5.92 Å². The first-order valence-corrected chi connectivity index (χ1v) is 8.00. The van der Waals surface area contributed by atoms with Gasteiger partial charge in [-0.05, 0) is 45.0 Å². The molecule has 0 unspecified atom stereocenters. The number of pyridine rings is 1. The lowest BCUT2D eigenvalue weighted by molar-refractivity contribution is -0.151. The van der Waals surface area contributed by atoms with Crippen LogP contribution in [0.1, 0.15) is 43.5 Å². The number of aromatic nitrogens is 1. The van der Waals surface area contributed by atoms with E-state index < -0.39 is 12.0 Å². The molecular weight excluding hydrogens is 280 g/mol. The van der Waals surface area contributed by atoms with Crippen molar-refractivity contribution in [1.82, 2.24) is 9.88 Å². The number of likely N-dealkylation sites (tertiary alicyclic amines) is 1. The van der Waals surface area contributed by atoms with Crippen LogP contribution in [0.2, 0.25) is 0 Å². The summed E-state index contributed by atoms with van der Waals surface area (Å²) in [7, 11) is 0. The second-order valence-electron chi connectivity index (χ2n) is 5.68. The monoisotopic (exact) mass is 304 g/mol. The number of carbonyl (C=O) groups excluding carboxylic acids is 2. The molecule has 5 heteroatoms. The number of ketones is 1. The predicted octanol–water partition coefficient (Wildman–Crippen LogP) is 2.32. The molecule has 0 aliphatic carbocycles. The summed E-state index contributed by atoms with van der Waals surface area (Å²) in [6.07, 6.45) is 6.50. The normalized spacial score (nSPS) is 18.5. The number of Topliss-reactive ketones (excluding diaryl/α,β-unsaturated/α-hetero) is 1. The smallest absolute Gasteiger partial charge is 0.324 e. The number of ether oxygens (including phenoxy) is 1. The van der Waals surface area contributed by atoms with Crippen molar-refractivity contribution < 1.29 is 14.3 Å². The molecule has 0 bridgehead atoms. The Kier molecular flexibility index (Phi) is 6.07. The molecule has 1 aliphatic heterocycles. The Morgan fingerprint density at radius 2 is 1.86 bits per heavy atom. The van der Waals surface area contributed by atoms with E-state index in [2.05, 4.69) is 9.88 Å². The fourth-order valence-electron chi connectivity index (χ4n) is 3.02. The van der Waals surface area contributed by atoms with E-state index in [1.165, 1.54) is 6.42 Å². The molecule has 2 rings (SSSR count). The highest BCUT2D eigenvalue weighted by Crippen LogP contribution is 2.22. The van der Waals surface area contributed by atoms with E-state index >= 15 is 0 Å². The maximum absolute atomic E-state index is 12.7. The van der Waals surface area contributed by atoms with Gasteiger partial charge < -0.3 is 4.74 Å². The summed E-state index contributed by atoms with van der Waals surface area (Å²) < 4.78 is 5.22. The number of rotatable bonds is 6. The Balaban J connectivity index is 2.19. The number of hydrogen-bond acceptors (Lipinski definition) is 5. The first-order valence-electron chi connectivity index (χ1n) is 8.00. The zero-order valence-corrected chi connectivity index (χ0v) is 13.3. The zero-order valence-electron chi connectivity index (χ0n) is 13.3. The standard InChI is InChI=1S/C17H24N2O3/c1-3-22-17(21)15(19-11-5-4-6-12-19)13(2)16(20)14-7-9-18-10-8-14/h7-10,13,15H,3-6,11-12H2,1-2H3/t13-,15+/m0/s1. The van der Waals surface area contributed by atoms with Crippen LogP contribution < -0.4 is 0 Å². The van der Waals surface area contributed by atoms with E-state index in [1.807, 2.05) is 6.92 Å². The highest BCUT2D eigenvalue weighted by atomic mass is 16.5. The molecule has 1 fully saturated rings. The van der Waals surface area contributed by atoms with Crippen molar-refractivity contribution in [3.8, 4) is 0 Å². The lowest BCUT2D eigenvalue weighted by Gasteiger charge is -2.35. The molecule has 1 aromatic heterocycles. The number of piperidine rings is 1. The molecule has 22 heavy (non-hydrogen) atoms. The van der Waals surface area contributed by atoms with Gasteiger partial charge in [0.1, 0.15) is 6.04 Å². The fourth-order valence-corrected chi connectivity index (χ4v) is 3.02. The Bertz CT molecular complexity index is 498. The van der Waals surface area contributed by atoms with Crippen molar-refractivity contribution in [3.05, 3.63) is 30.1 Å². The molecule has 0 aromatic carbocycles. The van der Waals surface area contributed by atoms with Crippen molar-refractivity contribution in [3.63, 3.8) is 0 Å². The lowest BCUT2D eigenvalue weighted by atomic mass is 9.90. The molecule has 5 nitrogen and oxygen atoms in total. The quantitative estimate of drug-likeness (QED) is 0.596. The number of esters is 1. The molecule has 1 aliphatic rings. The minimum Gasteiger partial charge on any atom is -0.465 e. The van der Waals surface area contributed by atoms with Crippen LogP contribution >= 0.6 is 0 Å². The van der Waals surface area contributed by atoms with Gasteiger partial charge in [-0.15, -0.1) is 0 Å². The number of carbonyl (C=O) groups is 2. The van der Waals surface area contributed by atoms with Crippen molar-refractivity contribution in [1.29, 1.82) is 0 Å². The molecule has 1 aromatic rings. The van der Waals surface area contributed by atoms with Crippen LogP contribution in [0.4, 0.5) is 0 Å². The van der Waals surface area contributed by atoms with Crippen LogP contribution in [0.15, 0.2) is 24.5 Å². The highest BCUT2D eigenvalue weighted by Gasteiger charge is 2.37. The molecule has 0 radical (unpaired) electrons. The van der Waals surface area contributed by atoms with E-state index in [0.29, 0.717) is 12.2 Å². The van der Waals surface area contributed by atoms with E-state index in [4.69, 9.17) is 4.74 Å². The Labute approximate surface area is 131 Å². The number of hydrogen-bond donors (Lipinski definition) is 0. The van der Waals surface area contributed by atoms with Gasteiger partial charge >= 0.3 is 5.97 Å². The summed E-state index contributed by atoms with van der Waals surface area (Å²) in [6, 6.07) is 2.88. The van der Waals surface area contributed by atoms with E-state index in [1.54, 1.807) is 31.5 Å². The van der Waals surface area contributed by atoms with Gasteiger partial charge in [-0.2, -0.15) is 0 Å². The van der Waals surface area contributed by atoms with Gasteiger partial charge in [0.15, 0.2) is 5.78 Å². The van der Waals surface area contributed by atoms with Crippen LogP contribution in [0.5, 0.6) is 0 Å². The van der Waals surface area contributed by atoms with Crippen molar-refractivity contribution in [2.75, 3.05) is 19.7 Å². The SMILES string of the molecule is CCOC(=O)[C@@H]([C@H](C)C(=O)c1ccncc1)N1CCCCC1. The first kappa shape index (κ1) is 16.6. The minimum atomic E-state index is -0.499. The molecule has 2 heterocycles. The molecule has 120 valence electrons. The second-order valence-corrected chi connectivity index (χ2v) is 5.68. The molecule has 0 spiro atoms. The predicted molar refractivity (Wildman–Crippen MR) is 83.6 cm³/mol. The van der Waals surface area contributed by atoms with Gasteiger partial charge in [-0.25, -0.2) is 0 Å². The Morgan fingerprint density at radius 3 is 2.45 bits per heavy atom. The third kappa shape index (κ3) is 3.91. The van der Waals surface area contributed by atoms with Crippen molar-refractivity contribution in [2.24, 2.45) is 5.92 Å². The summed E-state index contributed by atoms with van der Waals surface area (Å²) in [4.78, 5) is 31.1. The van der Waals surface area contributed by atoms with Crippen LogP contribution in [0.25, 0.3) is 0 Å². The minimum absolute atomic E-state index is 0.0361. The molecule has 0 saturated carbocycles. The lowest BCUT2D eigenvalue weighted by Crippen LogP contribution is -2.50. The van der Waals surface area contributed by atoms with E-state index in [-0.39, 0.29) is 11.8 Å². The van der Waals surface area contributed by atoms with Gasteiger partial charge in [-0.1, -0.05) is 13.3 Å². The average Bonchev–Trinajstić information content (AvgIpc) is 2.56. The maximum atomic E-state index is 12.7. The second kappa shape index (κ2) is 8.03. The van der Waals surface area contributed by atoms with Crippen molar-refractivity contribution >= 4 is 11.8 Å². The van der Waals surface area contributed by atoms with Crippen LogP contribution in [-0.4, -0.2) is 47.4 Å². The molecule has 0 amide bonds. The molecule has 0 N–H and O–H groups in total. The number of nitrogens with zero attached hydrogens (tertiary/aromatic N) is 2. The molecule has 2 atom stereocenters. The first-order chi connectivity index (χ1) is 10.6. The van der Waals surface area contributed by atoms with Gasteiger partial charge in [0.05, 0.1) is 6.61 Å². The van der Waals surface area contributed by atoms with E-state index in [0.717, 1.165) is 25.9 Å². The maximum Gasteiger partial charge on any atom is 0.324 e. The van der Waals surface area contributed by atoms with Crippen molar-refractivity contribution in [2.45, 2.75) is 39.2 Å². The third-order valence-corrected chi connectivity index (χ3v) is 4.16. The highest BCUT2D eigenvalue weighted by molar-refractivity contribution is 6.00. The fraction of sp³-hybridized carbons (Fsp3) is 0.588. The molecule has 1 saturated heterocycles. The summed E-state index contributed by atoms with van der Waals surface area (Å²) in [5.74, 6) is -0.759. The Hall–Kier alpha value is -1.75. The van der Waals surface area contributed by atoms with E-state index in [9.17, 15) is 9.59 Å². The summed E-state index contributed by atoms with van der Waals surface area (Å²) >= 11 is 0. The van der Waals surface area contributed by atoms with Crippen LogP contribution in [-0.2, 0) is 9.53 Å². The van der Waals surface area contributed by atoms with Crippen LogP contribution in [0.3, 0.4) is 0 Å². The summed E-state index contributed by atoms with van der Waals surface area (Å²) in [6.45, 7) is 5.63. The zero-order chi connectivity index (χ0) is 15.9. The largest absolute Gasteiger partial charge is 0.465 e. The van der Waals surface area contributed by atoms with Gasteiger partial charge in [0.2, 0.25) is 0 Å². The topological polar surface area (TPSA) is 59.5 Å². The summed E-state index contributed by atoms with van der Waals surface area (Å²) in [5.41, 5.74) is 0.591. The Morgan fingerprint density at radius 1 is 1.23 bits per heavy atom.